The third-order valence-corrected chi connectivity index (χ3v) is 7.58. The number of anilines is 1. The Balaban J connectivity index is 1.12. The molecule has 37 heavy (non-hydrogen) atoms. The van der Waals surface area contributed by atoms with Gasteiger partial charge in [0.25, 0.3) is 5.91 Å². The van der Waals surface area contributed by atoms with E-state index >= 15 is 0 Å². The van der Waals surface area contributed by atoms with Crippen molar-refractivity contribution in [2.75, 3.05) is 18.0 Å². The number of nitrogens with two attached hydrogens (primary N) is 1. The monoisotopic (exact) mass is 492 g/mol. The molecule has 0 spiro atoms. The number of nitrogens with one attached hydrogen (secondary N) is 1. The van der Waals surface area contributed by atoms with Crippen molar-refractivity contribution in [3.63, 3.8) is 0 Å². The second kappa shape index (κ2) is 9.61. The van der Waals surface area contributed by atoms with E-state index in [0.29, 0.717) is 36.2 Å². The maximum absolute atomic E-state index is 13.5. The second-order valence-corrected chi connectivity index (χ2v) is 10.1. The minimum Gasteiger partial charge on any atom is -0.366 e. The summed E-state index contributed by atoms with van der Waals surface area (Å²) >= 11 is 0. The molecule has 186 valence electrons. The predicted octanol–water partition coefficient (Wildman–Crippen LogP) is 2.78. The Kier molecular flexibility index (Phi) is 6.00. The highest BCUT2D eigenvalue weighted by Crippen LogP contribution is 2.46. The molecule has 0 bridgehead atoms. The van der Waals surface area contributed by atoms with Gasteiger partial charge in [0.05, 0.1) is 5.56 Å². The molecule has 8 nitrogen and oxygen atoms in total. The Morgan fingerprint density at radius 3 is 2.35 bits per heavy atom. The van der Waals surface area contributed by atoms with Gasteiger partial charge in [-0.25, -0.2) is 9.97 Å². The van der Waals surface area contributed by atoms with Crippen molar-refractivity contribution in [1.82, 2.24) is 20.3 Å². The fourth-order valence-corrected chi connectivity index (χ4v) is 5.51. The smallest absolute Gasteiger partial charge is 0.251 e. The van der Waals surface area contributed by atoms with Crippen molar-refractivity contribution in [3.8, 4) is 0 Å². The summed E-state index contributed by atoms with van der Waals surface area (Å²) in [5.74, 6) is 0.708. The molecule has 1 saturated heterocycles. The molecular weight excluding hydrogens is 464 g/mol. The van der Waals surface area contributed by atoms with Crippen LogP contribution in [0.4, 0.5) is 5.95 Å². The number of rotatable bonds is 8. The fourth-order valence-electron chi connectivity index (χ4n) is 5.51. The quantitative estimate of drug-likeness (QED) is 0.391. The molecule has 0 radical (unpaired) electrons. The third-order valence-electron chi connectivity index (χ3n) is 7.58. The topological polar surface area (TPSA) is 114 Å². The summed E-state index contributed by atoms with van der Waals surface area (Å²) in [6, 6.07) is 18.8. The highest BCUT2D eigenvalue weighted by molar-refractivity contribution is 5.92. The van der Waals surface area contributed by atoms with Crippen molar-refractivity contribution >= 4 is 28.5 Å². The van der Waals surface area contributed by atoms with E-state index < -0.39 is 5.91 Å². The van der Waals surface area contributed by atoms with E-state index in [2.05, 4.69) is 55.5 Å². The Morgan fingerprint density at radius 1 is 0.919 bits per heavy atom. The molecule has 1 aliphatic heterocycles. The molecule has 4 aromatic rings. The summed E-state index contributed by atoms with van der Waals surface area (Å²) in [6.07, 6.45) is 7.83. The number of hydrogen-bond acceptors (Lipinski definition) is 6. The summed E-state index contributed by atoms with van der Waals surface area (Å²) in [5, 5.41) is 5.72. The maximum atomic E-state index is 13.5. The van der Waals surface area contributed by atoms with E-state index in [1.54, 1.807) is 6.20 Å². The van der Waals surface area contributed by atoms with Crippen LogP contribution in [0.5, 0.6) is 0 Å². The van der Waals surface area contributed by atoms with E-state index in [1.165, 1.54) is 23.2 Å². The van der Waals surface area contributed by atoms with Gasteiger partial charge in [0.2, 0.25) is 11.9 Å². The Labute approximate surface area is 214 Å². The van der Waals surface area contributed by atoms with E-state index in [0.717, 1.165) is 24.2 Å². The molecule has 3 heterocycles. The lowest BCUT2D eigenvalue weighted by Crippen LogP contribution is -2.39. The molecule has 2 amide bonds. The first-order valence-corrected chi connectivity index (χ1v) is 12.6. The first-order valence-electron chi connectivity index (χ1n) is 12.6. The minimum absolute atomic E-state index is 0.0880. The van der Waals surface area contributed by atoms with Gasteiger partial charge >= 0.3 is 0 Å². The van der Waals surface area contributed by atoms with Crippen molar-refractivity contribution in [2.45, 2.75) is 18.9 Å². The molecular formula is C29H28N6O2. The molecule has 3 atom stereocenters. The zero-order chi connectivity index (χ0) is 25.4. The van der Waals surface area contributed by atoms with Crippen molar-refractivity contribution in [1.29, 1.82) is 0 Å². The van der Waals surface area contributed by atoms with Gasteiger partial charge in [0.15, 0.2) is 0 Å². The fraction of sp³-hybridized carbons (Fsp3) is 0.276. The van der Waals surface area contributed by atoms with Crippen LogP contribution in [0.1, 0.15) is 21.5 Å². The molecule has 2 aliphatic rings. The van der Waals surface area contributed by atoms with Gasteiger partial charge in [-0.3, -0.25) is 14.6 Å². The van der Waals surface area contributed by atoms with E-state index in [4.69, 9.17) is 5.73 Å². The number of fused-ring (bicyclic) bond motifs is 2. The summed E-state index contributed by atoms with van der Waals surface area (Å²) in [4.78, 5) is 39.7. The van der Waals surface area contributed by atoms with Gasteiger partial charge in [-0.15, -0.1) is 0 Å². The van der Waals surface area contributed by atoms with E-state index in [-0.39, 0.29) is 17.9 Å². The Morgan fingerprint density at radius 2 is 1.65 bits per heavy atom. The molecule has 3 N–H and O–H groups in total. The predicted molar refractivity (Wildman–Crippen MR) is 141 cm³/mol. The van der Waals surface area contributed by atoms with Gasteiger partial charge in [-0.2, -0.15) is 0 Å². The molecule has 1 saturated carbocycles. The van der Waals surface area contributed by atoms with Crippen LogP contribution in [0.3, 0.4) is 0 Å². The van der Waals surface area contributed by atoms with Crippen molar-refractivity contribution < 1.29 is 9.59 Å². The number of nitrogens with zero attached hydrogens (tertiary/aromatic N) is 4. The van der Waals surface area contributed by atoms with Crippen LogP contribution in [0.25, 0.3) is 10.8 Å². The number of primary amides is 1. The second-order valence-electron chi connectivity index (χ2n) is 10.1. The lowest BCUT2D eigenvalue weighted by molar-refractivity contribution is -0.125. The summed E-state index contributed by atoms with van der Waals surface area (Å²) in [5.41, 5.74) is 7.79. The number of pyridine rings is 1. The first kappa shape index (κ1) is 23.1. The lowest BCUT2D eigenvalue weighted by atomic mass is 9.91. The Bertz CT molecular complexity index is 1430. The van der Waals surface area contributed by atoms with Crippen LogP contribution in [0.15, 0.2) is 79.4 Å². The molecule has 2 aromatic carbocycles. The maximum Gasteiger partial charge on any atom is 0.251 e. The normalized spacial score (nSPS) is 20.9. The standard InChI is InChI=1S/C29H28N6O2/c30-27(36)23-14-32-29(33-15-23)35-16-24-25(17-35)26(24)34-28(37)22(12-19-4-3-9-31-13-19)11-18-7-8-20-5-1-2-6-21(20)10-18/h1-10,13-15,22,24-26H,11-12,16-17H2,(H2,30,36)(H,34,37). The van der Waals surface area contributed by atoms with E-state index in [1.807, 2.05) is 30.5 Å². The van der Waals surface area contributed by atoms with Crippen LogP contribution < -0.4 is 16.0 Å². The number of carbonyl (C=O) groups excluding carboxylic acids is 2. The van der Waals surface area contributed by atoms with E-state index in [9.17, 15) is 9.59 Å². The SMILES string of the molecule is NC(=O)c1cnc(N2CC3C(C2)C3NC(=O)C(Cc2cccnc2)Cc2ccc3ccccc3c2)nc1. The van der Waals surface area contributed by atoms with Gasteiger partial charge in [-0.05, 0) is 40.8 Å². The van der Waals surface area contributed by atoms with Gasteiger partial charge < -0.3 is 16.0 Å². The lowest BCUT2D eigenvalue weighted by Gasteiger charge is -2.22. The molecule has 3 unspecified atom stereocenters. The summed E-state index contributed by atoms with van der Waals surface area (Å²) in [6.45, 7) is 1.56. The van der Waals surface area contributed by atoms with Crippen LogP contribution in [0.2, 0.25) is 0 Å². The largest absolute Gasteiger partial charge is 0.366 e. The first-order chi connectivity index (χ1) is 18.0. The number of carbonyl (C=O) groups is 2. The summed E-state index contributed by atoms with van der Waals surface area (Å²) in [7, 11) is 0. The average Bonchev–Trinajstić information content (AvgIpc) is 3.35. The Hall–Kier alpha value is -4.33. The molecule has 2 aromatic heterocycles. The number of benzene rings is 2. The zero-order valence-corrected chi connectivity index (χ0v) is 20.3. The minimum atomic E-state index is -0.539. The average molecular weight is 493 g/mol. The van der Waals surface area contributed by atoms with Gasteiger partial charge in [0, 0.05) is 61.7 Å². The highest BCUT2D eigenvalue weighted by Gasteiger charge is 2.57. The number of amides is 2. The van der Waals surface area contributed by atoms with Crippen LogP contribution in [-0.4, -0.2) is 45.9 Å². The third kappa shape index (κ3) is 4.87. The molecule has 2 fully saturated rings. The van der Waals surface area contributed by atoms with Gasteiger partial charge in [-0.1, -0.05) is 48.5 Å². The highest BCUT2D eigenvalue weighted by atomic mass is 16.2. The van der Waals surface area contributed by atoms with Crippen LogP contribution >= 0.6 is 0 Å². The summed E-state index contributed by atoms with van der Waals surface area (Å²) < 4.78 is 0. The van der Waals surface area contributed by atoms with Crippen LogP contribution in [-0.2, 0) is 17.6 Å². The number of piperidine rings is 1. The van der Waals surface area contributed by atoms with Crippen molar-refractivity contribution in [3.05, 3.63) is 96.1 Å². The van der Waals surface area contributed by atoms with Crippen molar-refractivity contribution in [2.24, 2.45) is 23.5 Å². The van der Waals surface area contributed by atoms with Gasteiger partial charge in [0.1, 0.15) is 0 Å². The molecule has 1 aliphatic carbocycles. The molecule has 6 rings (SSSR count). The number of hydrogen-bond donors (Lipinski definition) is 2. The number of aromatic nitrogens is 3. The molecule has 8 heteroatoms. The zero-order valence-electron chi connectivity index (χ0n) is 20.3. The van der Waals surface area contributed by atoms with Crippen LogP contribution in [0, 0.1) is 17.8 Å².